The Morgan fingerprint density at radius 1 is 0.979 bits per heavy atom. The number of fused-ring (bicyclic) bond motifs is 1. The molecular weight excluding hydrogens is 588 g/mol. The summed E-state index contributed by atoms with van der Waals surface area (Å²) in [6.45, 7) is 11.2. The molecule has 6 heteroatoms. The highest BCUT2D eigenvalue weighted by Crippen LogP contribution is 2.43. The van der Waals surface area contributed by atoms with Gasteiger partial charge in [0.25, 0.3) is 0 Å². The molecule has 2 aromatic carbocycles. The average Bonchev–Trinajstić information content (AvgIpc) is 3.77. The molecule has 1 atom stereocenters. The Balaban J connectivity index is 0.00000245. The van der Waals surface area contributed by atoms with Crippen molar-refractivity contribution in [2.75, 3.05) is 13.7 Å². The number of aryl methyl sites for hydroxylation is 1. The minimum atomic E-state index is -0.621. The van der Waals surface area contributed by atoms with Gasteiger partial charge in [-0.25, -0.2) is 4.79 Å². The number of rotatable bonds is 11. The zero-order valence-corrected chi connectivity index (χ0v) is 29.1. The second-order valence-corrected chi connectivity index (χ2v) is 14.2. The van der Waals surface area contributed by atoms with E-state index in [1.165, 1.54) is 5.56 Å². The highest BCUT2D eigenvalue weighted by Gasteiger charge is 2.44. The lowest BCUT2D eigenvalue weighted by atomic mass is 9.82. The first-order valence-electron chi connectivity index (χ1n) is 17.2. The molecule has 0 amide bonds. The van der Waals surface area contributed by atoms with Crippen molar-refractivity contribution >= 4 is 22.9 Å². The van der Waals surface area contributed by atoms with Crippen LogP contribution < -0.4 is 0 Å². The number of hydrogen-bond acceptors (Lipinski definition) is 6. The maximum atomic E-state index is 13.6. The Hall–Kier alpha value is -3.82. The number of esters is 2. The molecule has 2 aliphatic rings. The topological polar surface area (TPSA) is 86.0 Å². The maximum absolute atomic E-state index is 13.6. The second kappa shape index (κ2) is 16.8. The van der Waals surface area contributed by atoms with E-state index in [2.05, 4.69) is 64.7 Å². The lowest BCUT2D eigenvalue weighted by Crippen LogP contribution is -2.34. The number of aliphatic hydroxyl groups excluding tert-OH is 1. The molecule has 1 saturated heterocycles. The van der Waals surface area contributed by atoms with E-state index in [0.29, 0.717) is 36.2 Å². The van der Waals surface area contributed by atoms with Crippen molar-refractivity contribution in [2.24, 2.45) is 23.2 Å². The normalized spacial score (nSPS) is 18.0. The number of allylic oxidation sites excluding steroid dienone is 1. The molecule has 1 aliphatic heterocycles. The molecule has 0 bridgehead atoms. The van der Waals surface area contributed by atoms with Crippen molar-refractivity contribution in [1.82, 2.24) is 0 Å². The molecule has 3 aromatic rings. The van der Waals surface area contributed by atoms with Gasteiger partial charge in [-0.15, -0.1) is 0 Å². The van der Waals surface area contributed by atoms with E-state index in [4.69, 9.17) is 19.0 Å². The molecule has 1 unspecified atom stereocenters. The number of aliphatic hydroxyl groups is 1. The van der Waals surface area contributed by atoms with Crippen molar-refractivity contribution in [3.63, 3.8) is 0 Å². The Morgan fingerprint density at radius 3 is 2.28 bits per heavy atom. The van der Waals surface area contributed by atoms with Crippen LogP contribution in [-0.4, -0.2) is 36.9 Å². The van der Waals surface area contributed by atoms with E-state index in [-0.39, 0.29) is 18.5 Å². The van der Waals surface area contributed by atoms with Gasteiger partial charge in [-0.2, -0.15) is 0 Å². The summed E-state index contributed by atoms with van der Waals surface area (Å²) < 4.78 is 17.7. The summed E-state index contributed by atoms with van der Waals surface area (Å²) in [5.74, 6) is 8.58. The number of ether oxygens (including phenoxy) is 2. The number of benzene rings is 2. The molecule has 5 rings (SSSR count). The number of hydrogen-bond donors (Lipinski definition) is 1. The quantitative estimate of drug-likeness (QED) is 0.128. The summed E-state index contributed by atoms with van der Waals surface area (Å²) >= 11 is 0. The summed E-state index contributed by atoms with van der Waals surface area (Å²) in [7, 11) is 1.00. The second-order valence-electron chi connectivity index (χ2n) is 14.2. The molecule has 47 heavy (non-hydrogen) atoms. The van der Waals surface area contributed by atoms with Crippen molar-refractivity contribution in [2.45, 2.75) is 98.5 Å². The largest absolute Gasteiger partial charge is 0.461 e. The Kier molecular flexibility index (Phi) is 12.9. The van der Waals surface area contributed by atoms with Gasteiger partial charge in [-0.3, -0.25) is 4.79 Å². The molecule has 1 saturated carbocycles. The molecule has 6 nitrogen and oxygen atoms in total. The van der Waals surface area contributed by atoms with Gasteiger partial charge < -0.3 is 19.0 Å². The fraction of sp³-hybridized carbons (Fsp3) is 0.512. The Bertz CT molecular complexity index is 1560. The lowest BCUT2D eigenvalue weighted by Gasteiger charge is -2.26. The van der Waals surface area contributed by atoms with E-state index in [1.54, 1.807) is 0 Å². The minimum absolute atomic E-state index is 0.0915. The van der Waals surface area contributed by atoms with E-state index >= 15 is 0 Å². The number of carbonyl (C=O) groups excluding carboxylic acids is 2. The number of furan rings is 1. The first-order valence-corrected chi connectivity index (χ1v) is 17.2. The van der Waals surface area contributed by atoms with Crippen LogP contribution in [0.2, 0.25) is 0 Å². The smallest absolute Gasteiger partial charge is 0.334 e. The summed E-state index contributed by atoms with van der Waals surface area (Å²) in [4.78, 5) is 26.2. The first kappa shape index (κ1) is 36.0. The van der Waals surface area contributed by atoms with E-state index in [9.17, 15) is 9.59 Å². The van der Waals surface area contributed by atoms with Gasteiger partial charge in [0.1, 0.15) is 24.1 Å². The minimum Gasteiger partial charge on any atom is -0.461 e. The fourth-order valence-electron chi connectivity index (χ4n) is 6.99. The molecule has 1 N–H and O–H groups in total. The van der Waals surface area contributed by atoms with Crippen molar-refractivity contribution in [3.05, 3.63) is 82.6 Å². The summed E-state index contributed by atoms with van der Waals surface area (Å²) in [6, 6.07) is 16.2. The molecule has 0 spiro atoms. The van der Waals surface area contributed by atoms with Crippen LogP contribution in [0.1, 0.15) is 102 Å². The predicted molar refractivity (Wildman–Crippen MR) is 187 cm³/mol. The van der Waals surface area contributed by atoms with Crippen molar-refractivity contribution < 1.29 is 28.6 Å². The Labute approximate surface area is 280 Å². The lowest BCUT2D eigenvalue weighted by molar-refractivity contribution is -0.161. The third kappa shape index (κ3) is 10.1. The van der Waals surface area contributed by atoms with Gasteiger partial charge in [0.2, 0.25) is 0 Å². The van der Waals surface area contributed by atoms with Crippen LogP contribution in [0, 0.1) is 41.9 Å². The zero-order valence-electron chi connectivity index (χ0n) is 29.1. The van der Waals surface area contributed by atoms with Crippen LogP contribution in [0.3, 0.4) is 0 Å². The van der Waals surface area contributed by atoms with Gasteiger partial charge >= 0.3 is 11.9 Å². The first-order chi connectivity index (χ1) is 22.6. The highest BCUT2D eigenvalue weighted by atomic mass is 16.6. The van der Waals surface area contributed by atoms with Gasteiger partial charge in [0.05, 0.1) is 5.41 Å². The molecule has 252 valence electrons. The highest BCUT2D eigenvalue weighted by molar-refractivity contribution is 5.90. The third-order valence-electron chi connectivity index (χ3n) is 9.17. The third-order valence-corrected chi connectivity index (χ3v) is 9.17. The van der Waals surface area contributed by atoms with Crippen LogP contribution in [0.5, 0.6) is 0 Å². The zero-order chi connectivity index (χ0) is 34.0. The molecule has 1 aliphatic carbocycles. The fourth-order valence-corrected chi connectivity index (χ4v) is 6.99. The number of cyclic esters (lactones) is 1. The average molecular weight is 641 g/mol. The molecule has 0 radical (unpaired) electrons. The van der Waals surface area contributed by atoms with Crippen LogP contribution in [0.15, 0.2) is 64.6 Å². The van der Waals surface area contributed by atoms with Gasteiger partial charge in [-0.1, -0.05) is 76.1 Å². The van der Waals surface area contributed by atoms with Gasteiger partial charge in [0, 0.05) is 42.0 Å². The molecule has 2 heterocycles. The van der Waals surface area contributed by atoms with Crippen molar-refractivity contribution in [3.8, 4) is 11.8 Å². The number of carbonyl (C=O) groups is 2. The van der Waals surface area contributed by atoms with Gasteiger partial charge in [0.15, 0.2) is 0 Å². The van der Waals surface area contributed by atoms with E-state index in [0.717, 1.165) is 79.9 Å². The van der Waals surface area contributed by atoms with Crippen LogP contribution >= 0.6 is 0 Å². The van der Waals surface area contributed by atoms with E-state index < -0.39 is 11.5 Å². The Morgan fingerprint density at radius 2 is 1.62 bits per heavy atom. The maximum Gasteiger partial charge on any atom is 0.334 e. The van der Waals surface area contributed by atoms with Crippen LogP contribution in [-0.2, 0) is 25.5 Å². The molecular formula is C41H52O6. The summed E-state index contributed by atoms with van der Waals surface area (Å²) in [5.41, 5.74) is 3.99. The SMILES string of the molecule is CO.Cc1ccc(C#Cc2ccc3oc(CC4(C(=O)OCC5C/C(=C\CC(CC(C)C)CC(C)C)C(=O)O5)CCCC4)cc3c2)cc1. The van der Waals surface area contributed by atoms with Crippen LogP contribution in [0.4, 0.5) is 0 Å². The van der Waals surface area contributed by atoms with Crippen molar-refractivity contribution in [1.29, 1.82) is 0 Å². The molecule has 1 aromatic heterocycles. The molecule has 2 fully saturated rings. The summed E-state index contributed by atoms with van der Waals surface area (Å²) in [5, 5.41) is 7.98. The summed E-state index contributed by atoms with van der Waals surface area (Å²) in [6.07, 6.45) is 9.29. The van der Waals surface area contributed by atoms with Gasteiger partial charge in [-0.05, 0) is 93.2 Å². The van der Waals surface area contributed by atoms with E-state index in [1.807, 2.05) is 36.4 Å². The predicted octanol–water partition coefficient (Wildman–Crippen LogP) is 8.74. The standard InChI is InChI=1S/C40H48O5.CH4O/c1-27(2)20-32(21-28(3)4)14-16-33-23-36(45-38(33)41)26-43-39(42)40(18-6-7-19-40)25-35-24-34-22-31(15-17-37(34)44-35)13-12-30-10-8-29(5)9-11-30;1-2/h8-11,15-17,22,24,27-28,32,36H,6-7,14,18-21,23,25-26H2,1-5H3;2H,1H3/b33-16+;. The van der Waals surface area contributed by atoms with Crippen LogP contribution in [0.25, 0.3) is 11.0 Å². The monoisotopic (exact) mass is 640 g/mol.